The van der Waals surface area contributed by atoms with E-state index in [9.17, 15) is 4.79 Å². The van der Waals surface area contributed by atoms with E-state index < -0.39 is 0 Å². The summed E-state index contributed by atoms with van der Waals surface area (Å²) in [7, 11) is 1.45. The summed E-state index contributed by atoms with van der Waals surface area (Å²) in [6.45, 7) is 13.6. The molecular weight excluding hydrogens is 588 g/mol. The summed E-state index contributed by atoms with van der Waals surface area (Å²) >= 11 is 0. The van der Waals surface area contributed by atoms with Crippen molar-refractivity contribution < 1.29 is 9.53 Å². The quantitative estimate of drug-likeness (QED) is 0.0658. The number of unbranched alkanes of at least 4 members (excludes halogenated alkanes) is 21. The number of nitrogens with one attached hydrogen (secondary N) is 1. The van der Waals surface area contributed by atoms with Crippen molar-refractivity contribution in [3.8, 4) is 0 Å². The number of rotatable bonds is 39. The van der Waals surface area contributed by atoms with Crippen molar-refractivity contribution in [2.45, 2.75) is 233 Å². The van der Waals surface area contributed by atoms with Gasteiger partial charge in [0, 0.05) is 6.54 Å². The maximum atomic E-state index is 11.5. The summed E-state index contributed by atoms with van der Waals surface area (Å²) < 4.78 is 4.75. The maximum Gasteiger partial charge on any atom is 0.406 e. The summed E-state index contributed by atoms with van der Waals surface area (Å²) in [5.74, 6) is 1.89. The van der Waals surface area contributed by atoms with E-state index in [1.807, 2.05) is 0 Å². The molecule has 0 aromatic heterocycles. The molecule has 48 heavy (non-hydrogen) atoms. The van der Waals surface area contributed by atoms with Crippen LogP contribution < -0.4 is 5.32 Å². The predicted molar refractivity (Wildman–Crippen MR) is 214 cm³/mol. The Bertz CT molecular complexity index is 611. The highest BCUT2D eigenvalue weighted by Gasteiger charge is 2.10. The van der Waals surface area contributed by atoms with Crippen molar-refractivity contribution in [1.29, 1.82) is 0 Å². The molecule has 0 heterocycles. The van der Waals surface area contributed by atoms with E-state index in [-0.39, 0.29) is 6.09 Å². The highest BCUT2D eigenvalue weighted by molar-refractivity contribution is 5.66. The molecule has 0 aliphatic heterocycles. The smallest absolute Gasteiger partial charge is 0.406 e. The minimum absolute atomic E-state index is 0.307. The average Bonchev–Trinajstić information content (AvgIpc) is 3.09. The second kappa shape index (κ2) is 39.0. The molecule has 0 fully saturated rings. The van der Waals surface area contributed by atoms with Crippen LogP contribution in [0.25, 0.3) is 0 Å². The number of methoxy groups -OCH3 is 1. The molecule has 0 aliphatic carbocycles. The van der Waals surface area contributed by atoms with E-state index in [4.69, 9.17) is 4.74 Å². The average molecular weight is 679 g/mol. The second-order valence-corrected chi connectivity index (χ2v) is 15.7. The Morgan fingerprint density at radius 2 is 0.812 bits per heavy atom. The van der Waals surface area contributed by atoms with Gasteiger partial charge in [-0.2, -0.15) is 0 Å². The molecule has 0 rings (SSSR count). The third kappa shape index (κ3) is 35.1. The van der Waals surface area contributed by atoms with E-state index >= 15 is 0 Å². The van der Waals surface area contributed by atoms with Crippen LogP contribution in [0.3, 0.4) is 0 Å². The molecule has 4 nitrogen and oxygen atoms in total. The fraction of sp³-hybridized carbons (Fsp3) is 0.977. The maximum absolute atomic E-state index is 11.5. The first-order valence-corrected chi connectivity index (χ1v) is 22.1. The van der Waals surface area contributed by atoms with Gasteiger partial charge in [-0.25, -0.2) is 4.79 Å². The number of amides is 1. The van der Waals surface area contributed by atoms with Crippen LogP contribution in [0.2, 0.25) is 0 Å². The summed E-state index contributed by atoms with van der Waals surface area (Å²) in [5, 5.41) is 2.87. The number of carbonyl (C=O) groups excluding carboxylic acids is 1. The van der Waals surface area contributed by atoms with Crippen LogP contribution in [0.1, 0.15) is 233 Å². The van der Waals surface area contributed by atoms with Crippen LogP contribution in [0.15, 0.2) is 0 Å². The van der Waals surface area contributed by atoms with Crippen LogP contribution in [0.5, 0.6) is 0 Å². The van der Waals surface area contributed by atoms with Crippen LogP contribution in [0, 0.1) is 11.8 Å². The standard InChI is InChI=1S/C44H90N2O2/c1-6-9-12-15-20-27-35-43(36-28-21-16-13-10-7-2)37-29-22-18-24-31-40-46(41-32-38-45-44(47)48-5)39-30-23-17-19-26-34-42(4)33-25-14-11-8-3/h42-43H,6-41H2,1-5H3,(H,45,47). The van der Waals surface area contributed by atoms with Crippen LogP contribution >= 0.6 is 0 Å². The van der Waals surface area contributed by atoms with Gasteiger partial charge in [-0.1, -0.05) is 214 Å². The minimum Gasteiger partial charge on any atom is -0.453 e. The highest BCUT2D eigenvalue weighted by Crippen LogP contribution is 2.25. The fourth-order valence-corrected chi connectivity index (χ4v) is 7.48. The van der Waals surface area contributed by atoms with E-state index in [1.54, 1.807) is 0 Å². The molecule has 0 bridgehead atoms. The van der Waals surface area contributed by atoms with Gasteiger partial charge in [-0.3, -0.25) is 0 Å². The Morgan fingerprint density at radius 1 is 0.479 bits per heavy atom. The Balaban J connectivity index is 4.29. The molecule has 0 saturated carbocycles. The molecular formula is C44H90N2O2. The minimum atomic E-state index is -0.307. The molecule has 0 saturated heterocycles. The first kappa shape index (κ1) is 47.2. The Morgan fingerprint density at radius 3 is 1.23 bits per heavy atom. The summed E-state index contributed by atoms with van der Waals surface area (Å²) in [6.07, 6.45) is 44.6. The molecule has 0 aliphatic rings. The van der Waals surface area contributed by atoms with Gasteiger partial charge in [0.25, 0.3) is 0 Å². The number of hydrogen-bond acceptors (Lipinski definition) is 3. The number of ether oxygens (including phenoxy) is 1. The van der Waals surface area contributed by atoms with E-state index in [2.05, 4.69) is 37.9 Å². The van der Waals surface area contributed by atoms with Gasteiger partial charge in [0.1, 0.15) is 0 Å². The van der Waals surface area contributed by atoms with Crippen molar-refractivity contribution in [2.24, 2.45) is 11.8 Å². The Kier molecular flexibility index (Phi) is 38.4. The molecule has 0 aromatic rings. The molecule has 288 valence electrons. The van der Waals surface area contributed by atoms with Gasteiger partial charge in [0.05, 0.1) is 7.11 Å². The van der Waals surface area contributed by atoms with Crippen molar-refractivity contribution >= 4 is 6.09 Å². The van der Waals surface area contributed by atoms with Crippen LogP contribution in [-0.4, -0.2) is 44.3 Å². The topological polar surface area (TPSA) is 41.6 Å². The van der Waals surface area contributed by atoms with Gasteiger partial charge < -0.3 is 15.0 Å². The lowest BCUT2D eigenvalue weighted by atomic mass is 9.89. The van der Waals surface area contributed by atoms with Crippen molar-refractivity contribution in [3.63, 3.8) is 0 Å². The van der Waals surface area contributed by atoms with Crippen LogP contribution in [-0.2, 0) is 4.74 Å². The fourth-order valence-electron chi connectivity index (χ4n) is 7.48. The second-order valence-electron chi connectivity index (χ2n) is 15.7. The lowest BCUT2D eigenvalue weighted by Gasteiger charge is -2.22. The highest BCUT2D eigenvalue weighted by atomic mass is 16.5. The van der Waals surface area contributed by atoms with Gasteiger partial charge >= 0.3 is 6.09 Å². The zero-order valence-corrected chi connectivity index (χ0v) is 33.9. The van der Waals surface area contributed by atoms with Gasteiger partial charge in [-0.15, -0.1) is 0 Å². The van der Waals surface area contributed by atoms with Crippen molar-refractivity contribution in [1.82, 2.24) is 10.2 Å². The molecule has 0 aromatic carbocycles. The van der Waals surface area contributed by atoms with Gasteiger partial charge in [-0.05, 0) is 50.7 Å². The SMILES string of the molecule is CCCCCCCCC(CCCCCCCC)CCCCCCCN(CCCCCCCC(C)CCCCCC)CCCNC(=O)OC. The molecule has 0 radical (unpaired) electrons. The zero-order chi connectivity index (χ0) is 35.2. The molecule has 1 amide bonds. The number of hydrogen-bond donors (Lipinski definition) is 1. The van der Waals surface area contributed by atoms with Gasteiger partial charge in [0.2, 0.25) is 0 Å². The predicted octanol–water partition coefficient (Wildman–Crippen LogP) is 14.4. The molecule has 1 unspecified atom stereocenters. The normalized spacial score (nSPS) is 12.3. The first-order chi connectivity index (χ1) is 23.6. The molecule has 4 heteroatoms. The van der Waals surface area contributed by atoms with Crippen molar-refractivity contribution in [2.75, 3.05) is 33.3 Å². The summed E-state index contributed by atoms with van der Waals surface area (Å²) in [5.41, 5.74) is 0. The zero-order valence-electron chi connectivity index (χ0n) is 33.9. The molecule has 0 spiro atoms. The third-order valence-corrected chi connectivity index (χ3v) is 10.8. The number of alkyl carbamates (subject to hydrolysis) is 1. The summed E-state index contributed by atoms with van der Waals surface area (Å²) in [6, 6.07) is 0. The monoisotopic (exact) mass is 679 g/mol. The number of carbonyl (C=O) groups is 1. The van der Waals surface area contributed by atoms with E-state index in [0.29, 0.717) is 6.54 Å². The van der Waals surface area contributed by atoms with E-state index in [0.717, 1.165) is 24.8 Å². The first-order valence-electron chi connectivity index (χ1n) is 22.1. The largest absolute Gasteiger partial charge is 0.453 e. The molecule has 1 atom stereocenters. The number of nitrogens with zero attached hydrogens (tertiary/aromatic N) is 1. The third-order valence-electron chi connectivity index (χ3n) is 10.8. The van der Waals surface area contributed by atoms with Crippen LogP contribution in [0.4, 0.5) is 4.79 Å². The van der Waals surface area contributed by atoms with Crippen molar-refractivity contribution in [3.05, 3.63) is 0 Å². The Hall–Kier alpha value is -0.770. The lowest BCUT2D eigenvalue weighted by Crippen LogP contribution is -2.31. The molecule has 1 N–H and O–H groups in total. The summed E-state index contributed by atoms with van der Waals surface area (Å²) in [4.78, 5) is 14.1. The Labute approximate surface area is 303 Å². The van der Waals surface area contributed by atoms with E-state index in [1.165, 1.54) is 219 Å². The van der Waals surface area contributed by atoms with Gasteiger partial charge in [0.15, 0.2) is 0 Å². The lowest BCUT2D eigenvalue weighted by molar-refractivity contribution is 0.170.